The van der Waals surface area contributed by atoms with Crippen molar-refractivity contribution in [1.29, 1.82) is 5.26 Å². The van der Waals surface area contributed by atoms with Gasteiger partial charge in [0, 0.05) is 37.8 Å². The van der Waals surface area contributed by atoms with Crippen LogP contribution in [-0.4, -0.2) is 59.0 Å². The number of hydrogen-bond donors (Lipinski definition) is 0. The summed E-state index contributed by atoms with van der Waals surface area (Å²) in [7, 11) is 0. The zero-order chi connectivity index (χ0) is 22.0. The number of halogens is 1. The average Bonchev–Trinajstić information content (AvgIpc) is 3.64. The molecule has 0 unspecified atom stereocenters. The number of rotatable bonds is 5. The van der Waals surface area contributed by atoms with Gasteiger partial charge in [-0.1, -0.05) is 12.1 Å². The van der Waals surface area contributed by atoms with Gasteiger partial charge >= 0.3 is 0 Å². The third-order valence-electron chi connectivity index (χ3n) is 5.73. The van der Waals surface area contributed by atoms with Gasteiger partial charge in [-0.2, -0.15) is 5.26 Å². The van der Waals surface area contributed by atoms with Crippen LogP contribution in [0.25, 0.3) is 0 Å². The van der Waals surface area contributed by atoms with Crippen LogP contribution >= 0.6 is 11.8 Å². The Hall–Kier alpha value is -2.92. The van der Waals surface area contributed by atoms with Gasteiger partial charge in [0.15, 0.2) is 0 Å². The third-order valence-corrected chi connectivity index (χ3v) is 6.41. The molecule has 4 rings (SSSR count). The summed E-state index contributed by atoms with van der Waals surface area (Å²) in [5.74, 6) is -0.167. The van der Waals surface area contributed by atoms with Gasteiger partial charge < -0.3 is 9.80 Å². The highest BCUT2D eigenvalue weighted by molar-refractivity contribution is 7.98. The van der Waals surface area contributed by atoms with Crippen LogP contribution < -0.4 is 0 Å². The van der Waals surface area contributed by atoms with E-state index in [0.29, 0.717) is 48.2 Å². The van der Waals surface area contributed by atoms with E-state index in [1.54, 1.807) is 28.0 Å². The Morgan fingerprint density at radius 2 is 1.81 bits per heavy atom. The Labute approximate surface area is 185 Å². The first-order valence-electron chi connectivity index (χ1n) is 10.3. The lowest BCUT2D eigenvalue weighted by atomic mass is 10.1. The third kappa shape index (κ3) is 4.72. The zero-order valence-electron chi connectivity index (χ0n) is 17.3. The van der Waals surface area contributed by atoms with E-state index in [2.05, 4.69) is 11.1 Å². The SMILES string of the molecule is CSc1nc(C2CC2)cc(C(=O)N2CCN(C(=O)Cc3ccc(F)cc3)CC2)c1C#N. The van der Waals surface area contributed by atoms with Gasteiger partial charge in [-0.25, -0.2) is 9.37 Å². The second kappa shape index (κ2) is 9.06. The maximum absolute atomic E-state index is 13.2. The fourth-order valence-corrected chi connectivity index (χ4v) is 4.33. The predicted octanol–water partition coefficient (Wildman–Crippen LogP) is 3.22. The summed E-state index contributed by atoms with van der Waals surface area (Å²) >= 11 is 1.38. The van der Waals surface area contributed by atoms with Crippen LogP contribution in [0.4, 0.5) is 4.39 Å². The average molecular weight is 439 g/mol. The second-order valence-corrected chi connectivity index (χ2v) is 8.64. The molecule has 1 aliphatic carbocycles. The summed E-state index contributed by atoms with van der Waals surface area (Å²) in [6.07, 6.45) is 4.20. The molecule has 160 valence electrons. The smallest absolute Gasteiger partial charge is 0.255 e. The Bertz CT molecular complexity index is 1040. The first-order valence-corrected chi connectivity index (χ1v) is 11.5. The summed E-state index contributed by atoms with van der Waals surface area (Å²) < 4.78 is 13.1. The van der Waals surface area contributed by atoms with Crippen LogP contribution in [0.3, 0.4) is 0 Å². The van der Waals surface area contributed by atoms with E-state index >= 15 is 0 Å². The van der Waals surface area contributed by atoms with Gasteiger partial charge in [0.05, 0.1) is 17.5 Å². The molecule has 2 fully saturated rings. The standard InChI is InChI=1S/C23H23FN4O2S/c1-31-22-19(14-25)18(13-20(26-22)16-4-5-16)23(30)28-10-8-27(9-11-28)21(29)12-15-2-6-17(24)7-3-15/h2-3,6-7,13,16H,4-5,8-12H2,1H3. The highest BCUT2D eigenvalue weighted by atomic mass is 32.2. The summed E-state index contributed by atoms with van der Waals surface area (Å²) in [6, 6.07) is 9.86. The van der Waals surface area contributed by atoms with Crippen molar-refractivity contribution < 1.29 is 14.0 Å². The molecular formula is C23H23FN4O2S. The first kappa shape index (κ1) is 21.3. The Kier molecular flexibility index (Phi) is 6.23. The lowest BCUT2D eigenvalue weighted by molar-refractivity contribution is -0.131. The lowest BCUT2D eigenvalue weighted by Gasteiger charge is -2.35. The number of pyridine rings is 1. The minimum absolute atomic E-state index is 0.0407. The molecule has 0 spiro atoms. The summed E-state index contributed by atoms with van der Waals surface area (Å²) in [5, 5.41) is 10.2. The molecule has 2 aliphatic rings. The van der Waals surface area contributed by atoms with Crippen molar-refractivity contribution in [2.75, 3.05) is 32.4 Å². The van der Waals surface area contributed by atoms with E-state index in [9.17, 15) is 19.2 Å². The van der Waals surface area contributed by atoms with Gasteiger partial charge in [-0.05, 0) is 42.9 Å². The van der Waals surface area contributed by atoms with Crippen LogP contribution in [0, 0.1) is 17.1 Å². The molecule has 6 nitrogen and oxygen atoms in total. The molecule has 2 heterocycles. The van der Waals surface area contributed by atoms with Crippen molar-refractivity contribution in [3.05, 3.63) is 58.5 Å². The first-order chi connectivity index (χ1) is 15.0. The molecule has 1 aromatic heterocycles. The monoisotopic (exact) mass is 438 g/mol. The summed E-state index contributed by atoms with van der Waals surface area (Å²) in [5.41, 5.74) is 2.39. The second-order valence-electron chi connectivity index (χ2n) is 7.84. The van der Waals surface area contributed by atoms with E-state index < -0.39 is 0 Å². The predicted molar refractivity (Wildman–Crippen MR) is 115 cm³/mol. The molecule has 2 amide bonds. The minimum atomic E-state index is -0.328. The van der Waals surface area contributed by atoms with Crippen molar-refractivity contribution in [3.8, 4) is 6.07 Å². The van der Waals surface area contributed by atoms with Gasteiger partial charge in [-0.3, -0.25) is 9.59 Å². The van der Waals surface area contributed by atoms with E-state index in [1.807, 2.05) is 6.26 Å². The topological polar surface area (TPSA) is 77.3 Å². The van der Waals surface area contributed by atoms with E-state index in [1.165, 1.54) is 23.9 Å². The molecule has 0 atom stereocenters. The maximum atomic E-state index is 13.2. The number of hydrogen-bond acceptors (Lipinski definition) is 5. The summed E-state index contributed by atoms with van der Waals surface area (Å²) in [4.78, 5) is 33.8. The van der Waals surface area contributed by atoms with Gasteiger partial charge in [0.2, 0.25) is 5.91 Å². The van der Waals surface area contributed by atoms with E-state index in [4.69, 9.17) is 0 Å². The molecule has 1 aliphatic heterocycles. The molecular weight excluding hydrogens is 415 g/mol. The number of thioether (sulfide) groups is 1. The van der Waals surface area contributed by atoms with Crippen LogP contribution in [0.1, 0.15) is 45.9 Å². The molecule has 1 aromatic carbocycles. The molecule has 2 aromatic rings. The number of aromatic nitrogens is 1. The van der Waals surface area contributed by atoms with Crippen molar-refractivity contribution in [2.24, 2.45) is 0 Å². The Balaban J connectivity index is 1.43. The van der Waals surface area contributed by atoms with Crippen LogP contribution in [0.5, 0.6) is 0 Å². The zero-order valence-corrected chi connectivity index (χ0v) is 18.1. The number of nitriles is 1. The Morgan fingerprint density at radius 3 is 2.39 bits per heavy atom. The fraction of sp³-hybridized carbons (Fsp3) is 0.391. The van der Waals surface area contributed by atoms with Crippen LogP contribution in [0.15, 0.2) is 35.4 Å². The fourth-order valence-electron chi connectivity index (χ4n) is 3.77. The van der Waals surface area contributed by atoms with E-state index in [0.717, 1.165) is 24.1 Å². The van der Waals surface area contributed by atoms with Gasteiger partial charge in [0.25, 0.3) is 5.91 Å². The van der Waals surface area contributed by atoms with Gasteiger partial charge in [-0.15, -0.1) is 11.8 Å². The molecule has 0 N–H and O–H groups in total. The normalized spacial score (nSPS) is 16.2. The van der Waals surface area contributed by atoms with Crippen molar-refractivity contribution in [2.45, 2.75) is 30.2 Å². The highest BCUT2D eigenvalue weighted by Gasteiger charge is 2.31. The number of carbonyl (C=O) groups is 2. The molecule has 31 heavy (non-hydrogen) atoms. The lowest BCUT2D eigenvalue weighted by Crippen LogP contribution is -2.51. The van der Waals surface area contributed by atoms with Gasteiger partial charge in [0.1, 0.15) is 16.9 Å². The Morgan fingerprint density at radius 1 is 1.16 bits per heavy atom. The summed E-state index contributed by atoms with van der Waals surface area (Å²) in [6.45, 7) is 1.69. The van der Waals surface area contributed by atoms with Crippen LogP contribution in [0.2, 0.25) is 0 Å². The van der Waals surface area contributed by atoms with Crippen molar-refractivity contribution in [1.82, 2.24) is 14.8 Å². The molecule has 8 heteroatoms. The maximum Gasteiger partial charge on any atom is 0.255 e. The van der Waals surface area contributed by atoms with Crippen molar-refractivity contribution >= 4 is 23.6 Å². The number of benzene rings is 1. The highest BCUT2D eigenvalue weighted by Crippen LogP contribution is 2.40. The van der Waals surface area contributed by atoms with Crippen LogP contribution in [-0.2, 0) is 11.2 Å². The quantitative estimate of drug-likeness (QED) is 0.670. The van der Waals surface area contributed by atoms with Crippen molar-refractivity contribution in [3.63, 3.8) is 0 Å². The number of piperazine rings is 1. The molecule has 1 saturated carbocycles. The largest absolute Gasteiger partial charge is 0.339 e. The molecule has 0 bridgehead atoms. The molecule has 1 saturated heterocycles. The number of amides is 2. The number of carbonyl (C=O) groups excluding carboxylic acids is 2. The molecule has 0 radical (unpaired) electrons. The minimum Gasteiger partial charge on any atom is -0.339 e. The number of nitrogens with zero attached hydrogens (tertiary/aromatic N) is 4. The van der Waals surface area contributed by atoms with E-state index in [-0.39, 0.29) is 24.1 Å².